The van der Waals surface area contributed by atoms with Crippen LogP contribution in [0.15, 0.2) is 24.3 Å². The van der Waals surface area contributed by atoms with Crippen molar-refractivity contribution >= 4 is 23.9 Å². The maximum absolute atomic E-state index is 12.1. The van der Waals surface area contributed by atoms with E-state index < -0.39 is 54.6 Å². The lowest BCUT2D eigenvalue weighted by molar-refractivity contribution is -0.289. The van der Waals surface area contributed by atoms with E-state index in [9.17, 15) is 19.2 Å². The van der Waals surface area contributed by atoms with Crippen LogP contribution in [0.25, 0.3) is 0 Å². The molecule has 1 aromatic heterocycles. The van der Waals surface area contributed by atoms with Crippen LogP contribution < -0.4 is 9.47 Å². The number of H-pyrrole nitrogens is 1. The SMILES string of the molecule is CC(=O)OC[C@H]1OC(Oc2n[nH]c(C)c2Cc2ccc(OC3CCC3)cc2)[C@H](OC(C)=O)[C@@H](OC(C)=O)[C@@H]1OC(C)=O. The average Bonchev–Trinajstić information content (AvgIpc) is 3.22. The van der Waals surface area contributed by atoms with E-state index in [-0.39, 0.29) is 18.6 Å². The van der Waals surface area contributed by atoms with Gasteiger partial charge in [0, 0.05) is 45.4 Å². The van der Waals surface area contributed by atoms with Crippen molar-refractivity contribution in [3.05, 3.63) is 41.1 Å². The molecule has 0 spiro atoms. The Morgan fingerprint density at radius 2 is 1.48 bits per heavy atom. The molecule has 5 atom stereocenters. The van der Waals surface area contributed by atoms with Crippen molar-refractivity contribution < 1.29 is 52.3 Å². The van der Waals surface area contributed by atoms with E-state index in [4.69, 9.17) is 33.2 Å². The number of carbonyl (C=O) groups excluding carboxylic acids is 4. The van der Waals surface area contributed by atoms with Crippen LogP contribution >= 0.6 is 0 Å². The van der Waals surface area contributed by atoms with Gasteiger partial charge >= 0.3 is 23.9 Å². The van der Waals surface area contributed by atoms with E-state index >= 15 is 0 Å². The van der Waals surface area contributed by atoms with Crippen molar-refractivity contribution in [3.63, 3.8) is 0 Å². The topological polar surface area (TPSA) is 162 Å². The highest BCUT2D eigenvalue weighted by atomic mass is 16.7. The second-order valence-electron chi connectivity index (χ2n) is 10.3. The molecule has 2 aliphatic rings. The summed E-state index contributed by atoms with van der Waals surface area (Å²) in [5.41, 5.74) is 2.40. The van der Waals surface area contributed by atoms with Gasteiger partial charge in [0.1, 0.15) is 18.5 Å². The summed E-state index contributed by atoms with van der Waals surface area (Å²) in [5, 5.41) is 7.17. The lowest BCUT2D eigenvalue weighted by Gasteiger charge is -2.43. The lowest BCUT2D eigenvalue weighted by atomic mass is 9.96. The molecule has 42 heavy (non-hydrogen) atoms. The molecule has 0 amide bonds. The first kappa shape index (κ1) is 30.8. The maximum Gasteiger partial charge on any atom is 0.303 e. The van der Waals surface area contributed by atoms with Gasteiger partial charge in [-0.3, -0.25) is 24.3 Å². The summed E-state index contributed by atoms with van der Waals surface area (Å²) in [6.07, 6.45) is -2.48. The van der Waals surface area contributed by atoms with Gasteiger partial charge in [-0.15, -0.1) is 5.10 Å². The van der Waals surface area contributed by atoms with Crippen LogP contribution in [0.1, 0.15) is 63.8 Å². The van der Waals surface area contributed by atoms with Crippen molar-refractivity contribution in [2.45, 2.75) is 97.1 Å². The third-order valence-corrected chi connectivity index (χ3v) is 6.87. The average molecular weight is 589 g/mol. The molecule has 13 heteroatoms. The van der Waals surface area contributed by atoms with Gasteiger partial charge in [-0.25, -0.2) is 0 Å². The summed E-state index contributed by atoms with van der Waals surface area (Å²) in [6, 6.07) is 7.75. The highest BCUT2D eigenvalue weighted by Gasteiger charge is 2.53. The predicted octanol–water partition coefficient (Wildman–Crippen LogP) is 2.70. The summed E-state index contributed by atoms with van der Waals surface area (Å²) in [6.45, 7) is 6.14. The Morgan fingerprint density at radius 1 is 0.857 bits per heavy atom. The minimum absolute atomic E-state index is 0.156. The Hall–Kier alpha value is -4.13. The fourth-order valence-electron chi connectivity index (χ4n) is 4.70. The number of nitrogens with one attached hydrogen (secondary N) is 1. The quantitative estimate of drug-likeness (QED) is 0.302. The van der Waals surface area contributed by atoms with Crippen LogP contribution in [-0.2, 0) is 49.3 Å². The van der Waals surface area contributed by atoms with Gasteiger partial charge in [0.15, 0.2) is 12.2 Å². The largest absolute Gasteiger partial charge is 0.490 e. The Bertz CT molecular complexity index is 1270. The number of hydrogen-bond donors (Lipinski definition) is 1. The van der Waals surface area contributed by atoms with Crippen LogP contribution in [0, 0.1) is 6.92 Å². The number of carbonyl (C=O) groups is 4. The minimum Gasteiger partial charge on any atom is -0.490 e. The van der Waals surface area contributed by atoms with Crippen LogP contribution in [0.3, 0.4) is 0 Å². The summed E-state index contributed by atoms with van der Waals surface area (Å²) in [7, 11) is 0. The second kappa shape index (κ2) is 13.7. The molecule has 2 fully saturated rings. The zero-order chi connectivity index (χ0) is 30.4. The Balaban J connectivity index is 1.60. The molecule has 0 radical (unpaired) electrons. The molecule has 1 aliphatic heterocycles. The molecule has 2 heterocycles. The van der Waals surface area contributed by atoms with Crippen LogP contribution in [0.5, 0.6) is 11.6 Å². The smallest absolute Gasteiger partial charge is 0.303 e. The van der Waals surface area contributed by atoms with Crippen molar-refractivity contribution in [2.75, 3.05) is 6.61 Å². The number of hydrogen-bond acceptors (Lipinski definition) is 12. The molecule has 2 aromatic rings. The minimum atomic E-state index is -1.38. The number of esters is 4. The van der Waals surface area contributed by atoms with E-state index in [2.05, 4.69) is 10.2 Å². The number of benzene rings is 1. The van der Waals surface area contributed by atoms with Gasteiger partial charge in [-0.05, 0) is 43.9 Å². The highest BCUT2D eigenvalue weighted by Crippen LogP contribution is 2.33. The molecule has 228 valence electrons. The number of aromatic amines is 1. The summed E-state index contributed by atoms with van der Waals surface area (Å²) in [4.78, 5) is 47.7. The molecule has 1 saturated heterocycles. The molecule has 1 aliphatic carbocycles. The third-order valence-electron chi connectivity index (χ3n) is 6.87. The molecule has 1 N–H and O–H groups in total. The van der Waals surface area contributed by atoms with Gasteiger partial charge in [-0.1, -0.05) is 12.1 Å². The standard InChI is InChI=1S/C29H36N2O11/c1-15-23(13-20-9-11-22(12-10-20)40-21-7-6-8-21)28(31-30-15)42-29-27(39-19(5)35)26(38-18(4)34)25(37-17(3)33)24(41-29)14-36-16(2)32/h9-12,21,24-27,29H,6-8,13-14H2,1-5H3,(H,30,31)/t24-,25-,26+,27-,29?/m1/s1. The van der Waals surface area contributed by atoms with Gasteiger partial charge < -0.3 is 33.2 Å². The number of rotatable bonds is 11. The fourth-order valence-corrected chi connectivity index (χ4v) is 4.70. The number of ether oxygens (including phenoxy) is 7. The first-order valence-corrected chi connectivity index (χ1v) is 13.8. The first-order chi connectivity index (χ1) is 20.0. The number of nitrogens with zero attached hydrogens (tertiary/aromatic N) is 1. The summed E-state index contributed by atoms with van der Waals surface area (Å²) >= 11 is 0. The van der Waals surface area contributed by atoms with E-state index in [1.807, 2.05) is 31.2 Å². The predicted molar refractivity (Wildman–Crippen MR) is 143 cm³/mol. The molecule has 1 saturated carbocycles. The molecule has 4 rings (SSSR count). The molecular weight excluding hydrogens is 552 g/mol. The summed E-state index contributed by atoms with van der Waals surface area (Å²) in [5.74, 6) is -1.83. The monoisotopic (exact) mass is 588 g/mol. The van der Waals surface area contributed by atoms with Crippen molar-refractivity contribution in [2.24, 2.45) is 0 Å². The van der Waals surface area contributed by atoms with E-state index in [0.717, 1.165) is 50.6 Å². The fraction of sp³-hybridized carbons (Fsp3) is 0.552. The van der Waals surface area contributed by atoms with E-state index in [1.165, 1.54) is 13.3 Å². The lowest BCUT2D eigenvalue weighted by Crippen LogP contribution is -2.63. The first-order valence-electron chi connectivity index (χ1n) is 13.8. The Kier molecular flexibility index (Phi) is 10.0. The Morgan fingerprint density at radius 3 is 2.05 bits per heavy atom. The van der Waals surface area contributed by atoms with Crippen LogP contribution in [-0.4, -0.2) is 77.5 Å². The summed E-state index contributed by atoms with van der Waals surface area (Å²) < 4.78 is 39.6. The van der Waals surface area contributed by atoms with E-state index in [0.29, 0.717) is 12.0 Å². The zero-order valence-electron chi connectivity index (χ0n) is 24.2. The van der Waals surface area contributed by atoms with E-state index in [1.54, 1.807) is 0 Å². The van der Waals surface area contributed by atoms with Crippen molar-refractivity contribution in [3.8, 4) is 11.6 Å². The molecular formula is C29H36N2O11. The normalized spacial score (nSPS) is 23.7. The van der Waals surface area contributed by atoms with Gasteiger partial charge in [0.25, 0.3) is 0 Å². The second-order valence-corrected chi connectivity index (χ2v) is 10.3. The Labute approximate surface area is 243 Å². The van der Waals surface area contributed by atoms with Crippen LogP contribution in [0.2, 0.25) is 0 Å². The van der Waals surface area contributed by atoms with Crippen LogP contribution in [0.4, 0.5) is 0 Å². The number of aryl methyl sites for hydroxylation is 1. The third kappa shape index (κ3) is 7.99. The van der Waals surface area contributed by atoms with Crippen molar-refractivity contribution in [1.29, 1.82) is 0 Å². The van der Waals surface area contributed by atoms with Gasteiger partial charge in [-0.2, -0.15) is 0 Å². The zero-order valence-corrected chi connectivity index (χ0v) is 24.2. The number of aromatic nitrogens is 2. The van der Waals surface area contributed by atoms with Crippen molar-refractivity contribution in [1.82, 2.24) is 10.2 Å². The molecule has 0 bridgehead atoms. The van der Waals surface area contributed by atoms with Gasteiger partial charge in [0.2, 0.25) is 18.3 Å². The molecule has 1 aromatic carbocycles. The molecule has 1 unspecified atom stereocenters. The highest BCUT2D eigenvalue weighted by molar-refractivity contribution is 5.68. The van der Waals surface area contributed by atoms with Gasteiger partial charge in [0.05, 0.1) is 6.10 Å². The maximum atomic E-state index is 12.1. The molecule has 13 nitrogen and oxygen atoms in total.